The third-order valence-electron chi connectivity index (χ3n) is 3.92. The standard InChI is InChI=1S/C15H23NO3S/c1-11(12-3-4-12)9-16-10-15(17)13-5-7-14(8-6-13)20(2,18)19/h5-8,11-12,15-17H,3-4,9-10H2,1-2H3. The first kappa shape index (κ1) is 15.5. The van der Waals surface area contributed by atoms with Crippen LogP contribution in [0.3, 0.4) is 0 Å². The molecule has 0 heterocycles. The van der Waals surface area contributed by atoms with E-state index in [2.05, 4.69) is 12.2 Å². The number of nitrogens with one attached hydrogen (secondary N) is 1. The van der Waals surface area contributed by atoms with Crippen molar-refractivity contribution in [1.29, 1.82) is 0 Å². The molecule has 1 saturated carbocycles. The first-order valence-corrected chi connectivity index (χ1v) is 8.96. The molecule has 1 aromatic rings. The third-order valence-corrected chi connectivity index (χ3v) is 5.05. The lowest BCUT2D eigenvalue weighted by Crippen LogP contribution is -2.27. The Morgan fingerprint density at radius 3 is 2.35 bits per heavy atom. The van der Waals surface area contributed by atoms with Gasteiger partial charge in [-0.25, -0.2) is 8.42 Å². The normalized spacial score (nSPS) is 18.8. The number of hydrogen-bond acceptors (Lipinski definition) is 4. The molecule has 0 bridgehead atoms. The molecule has 0 saturated heterocycles. The van der Waals surface area contributed by atoms with E-state index in [0.29, 0.717) is 12.5 Å². The molecule has 2 N–H and O–H groups in total. The van der Waals surface area contributed by atoms with E-state index in [0.717, 1.165) is 18.0 Å². The van der Waals surface area contributed by atoms with E-state index >= 15 is 0 Å². The monoisotopic (exact) mass is 297 g/mol. The van der Waals surface area contributed by atoms with Gasteiger partial charge in [0.15, 0.2) is 9.84 Å². The molecule has 20 heavy (non-hydrogen) atoms. The Balaban J connectivity index is 1.84. The van der Waals surface area contributed by atoms with Gasteiger partial charge in [0.05, 0.1) is 11.0 Å². The maximum absolute atomic E-state index is 11.4. The Hall–Kier alpha value is -0.910. The van der Waals surface area contributed by atoms with Crippen molar-refractivity contribution in [2.75, 3.05) is 19.3 Å². The van der Waals surface area contributed by atoms with Crippen LogP contribution in [-0.2, 0) is 9.84 Å². The minimum absolute atomic E-state index is 0.281. The van der Waals surface area contributed by atoms with Crippen molar-refractivity contribution in [1.82, 2.24) is 5.32 Å². The summed E-state index contributed by atoms with van der Waals surface area (Å²) in [7, 11) is -3.17. The zero-order valence-corrected chi connectivity index (χ0v) is 12.9. The van der Waals surface area contributed by atoms with Crippen molar-refractivity contribution in [2.24, 2.45) is 11.8 Å². The van der Waals surface area contributed by atoms with Crippen LogP contribution in [-0.4, -0.2) is 32.9 Å². The van der Waals surface area contributed by atoms with E-state index in [-0.39, 0.29) is 4.90 Å². The van der Waals surface area contributed by atoms with Gasteiger partial charge in [-0.15, -0.1) is 0 Å². The molecule has 2 unspecified atom stereocenters. The quantitative estimate of drug-likeness (QED) is 0.805. The molecule has 1 aliphatic rings. The third kappa shape index (κ3) is 4.30. The lowest BCUT2D eigenvalue weighted by molar-refractivity contribution is 0.172. The number of sulfone groups is 1. The van der Waals surface area contributed by atoms with Gasteiger partial charge in [-0.2, -0.15) is 0 Å². The summed E-state index contributed by atoms with van der Waals surface area (Å²) in [6.07, 6.45) is 3.24. The highest BCUT2D eigenvalue weighted by molar-refractivity contribution is 7.90. The highest BCUT2D eigenvalue weighted by atomic mass is 32.2. The summed E-state index contributed by atoms with van der Waals surface area (Å²) in [6.45, 7) is 3.65. The van der Waals surface area contributed by atoms with Gasteiger partial charge in [-0.3, -0.25) is 0 Å². The van der Waals surface area contributed by atoms with Crippen LogP contribution in [0.2, 0.25) is 0 Å². The van der Waals surface area contributed by atoms with Gasteiger partial charge < -0.3 is 10.4 Å². The number of aliphatic hydroxyl groups excluding tert-OH is 1. The summed E-state index contributed by atoms with van der Waals surface area (Å²) in [4.78, 5) is 0.281. The molecular weight excluding hydrogens is 274 g/mol. The fourth-order valence-electron chi connectivity index (χ4n) is 2.33. The molecular formula is C15H23NO3S. The maximum Gasteiger partial charge on any atom is 0.175 e. The van der Waals surface area contributed by atoms with Crippen LogP contribution in [0.15, 0.2) is 29.2 Å². The van der Waals surface area contributed by atoms with Gasteiger partial charge >= 0.3 is 0 Å². The Morgan fingerprint density at radius 1 is 1.25 bits per heavy atom. The fraction of sp³-hybridized carbons (Fsp3) is 0.600. The molecule has 1 aliphatic carbocycles. The number of hydrogen-bond donors (Lipinski definition) is 2. The first-order valence-electron chi connectivity index (χ1n) is 7.06. The summed E-state index contributed by atoms with van der Waals surface area (Å²) < 4.78 is 22.7. The predicted octanol–water partition coefficient (Wildman–Crippen LogP) is 1.76. The highest BCUT2D eigenvalue weighted by Gasteiger charge is 2.27. The largest absolute Gasteiger partial charge is 0.387 e. The Labute approximate surface area is 121 Å². The average Bonchev–Trinajstić information content (AvgIpc) is 3.22. The van der Waals surface area contributed by atoms with E-state index in [9.17, 15) is 13.5 Å². The van der Waals surface area contributed by atoms with Crippen LogP contribution < -0.4 is 5.32 Å². The number of rotatable bonds is 7. The van der Waals surface area contributed by atoms with Gasteiger partial charge in [0.2, 0.25) is 0 Å². The SMILES string of the molecule is CC(CNCC(O)c1ccc(S(C)(=O)=O)cc1)C1CC1. The van der Waals surface area contributed by atoms with Crippen molar-refractivity contribution in [3.8, 4) is 0 Å². The Morgan fingerprint density at radius 2 is 1.85 bits per heavy atom. The molecule has 1 fully saturated rings. The van der Waals surface area contributed by atoms with E-state index in [1.54, 1.807) is 24.3 Å². The summed E-state index contributed by atoms with van der Waals surface area (Å²) in [5.41, 5.74) is 0.740. The van der Waals surface area contributed by atoms with Gasteiger partial charge in [0.25, 0.3) is 0 Å². The van der Waals surface area contributed by atoms with Crippen molar-refractivity contribution in [3.63, 3.8) is 0 Å². The zero-order valence-electron chi connectivity index (χ0n) is 12.0. The number of benzene rings is 1. The molecule has 0 aromatic heterocycles. The van der Waals surface area contributed by atoms with Crippen molar-refractivity contribution in [3.05, 3.63) is 29.8 Å². The van der Waals surface area contributed by atoms with Crippen molar-refractivity contribution >= 4 is 9.84 Å². The van der Waals surface area contributed by atoms with Crippen LogP contribution in [0.25, 0.3) is 0 Å². The van der Waals surface area contributed by atoms with Gasteiger partial charge in [-0.05, 0) is 48.9 Å². The van der Waals surface area contributed by atoms with Crippen LogP contribution >= 0.6 is 0 Å². The molecule has 0 aliphatic heterocycles. The Bertz CT molecular complexity index is 535. The van der Waals surface area contributed by atoms with Crippen LogP contribution in [0, 0.1) is 11.8 Å². The second-order valence-corrected chi connectivity index (χ2v) is 7.85. The average molecular weight is 297 g/mol. The zero-order chi connectivity index (χ0) is 14.8. The van der Waals surface area contributed by atoms with Gasteiger partial charge in [0.1, 0.15) is 0 Å². The highest BCUT2D eigenvalue weighted by Crippen LogP contribution is 2.36. The second-order valence-electron chi connectivity index (χ2n) is 5.83. The lowest BCUT2D eigenvalue weighted by atomic mass is 10.1. The molecule has 112 valence electrons. The second kappa shape index (κ2) is 6.24. The van der Waals surface area contributed by atoms with Crippen LogP contribution in [0.5, 0.6) is 0 Å². The summed E-state index contributed by atoms with van der Waals surface area (Å²) in [5, 5.41) is 13.4. The predicted molar refractivity (Wildman–Crippen MR) is 79.3 cm³/mol. The topological polar surface area (TPSA) is 66.4 Å². The molecule has 4 nitrogen and oxygen atoms in total. The minimum atomic E-state index is -3.17. The fourth-order valence-corrected chi connectivity index (χ4v) is 2.97. The van der Waals surface area contributed by atoms with Gasteiger partial charge in [0, 0.05) is 12.8 Å². The van der Waals surface area contributed by atoms with E-state index in [1.807, 2.05) is 0 Å². The minimum Gasteiger partial charge on any atom is -0.387 e. The molecule has 0 spiro atoms. The van der Waals surface area contributed by atoms with Crippen molar-refractivity contribution in [2.45, 2.75) is 30.8 Å². The molecule has 0 amide bonds. The van der Waals surface area contributed by atoms with Crippen LogP contribution in [0.1, 0.15) is 31.4 Å². The first-order chi connectivity index (χ1) is 9.38. The molecule has 2 rings (SSSR count). The maximum atomic E-state index is 11.4. The lowest BCUT2D eigenvalue weighted by Gasteiger charge is -2.15. The number of aliphatic hydroxyl groups is 1. The van der Waals surface area contributed by atoms with Crippen molar-refractivity contribution < 1.29 is 13.5 Å². The molecule has 1 aromatic carbocycles. The molecule has 2 atom stereocenters. The van der Waals surface area contributed by atoms with E-state index < -0.39 is 15.9 Å². The summed E-state index contributed by atoms with van der Waals surface area (Å²) in [6, 6.07) is 6.43. The molecule has 0 radical (unpaired) electrons. The van der Waals surface area contributed by atoms with Gasteiger partial charge in [-0.1, -0.05) is 19.1 Å². The van der Waals surface area contributed by atoms with E-state index in [1.165, 1.54) is 19.1 Å². The van der Waals surface area contributed by atoms with Crippen LogP contribution in [0.4, 0.5) is 0 Å². The Kier molecular flexibility index (Phi) is 4.83. The summed E-state index contributed by atoms with van der Waals surface area (Å²) in [5.74, 6) is 1.52. The van der Waals surface area contributed by atoms with E-state index in [4.69, 9.17) is 0 Å². The smallest absolute Gasteiger partial charge is 0.175 e. The summed E-state index contributed by atoms with van der Waals surface area (Å²) >= 11 is 0. The molecule has 5 heteroatoms.